The summed E-state index contributed by atoms with van der Waals surface area (Å²) in [6.07, 6.45) is 8.46. The van der Waals surface area contributed by atoms with Crippen molar-refractivity contribution in [3.05, 3.63) is 47.4 Å². The summed E-state index contributed by atoms with van der Waals surface area (Å²) in [4.78, 5) is 15.8. The van der Waals surface area contributed by atoms with E-state index in [1.165, 1.54) is 24.5 Å². The van der Waals surface area contributed by atoms with Gasteiger partial charge in [-0.1, -0.05) is 38.3 Å². The van der Waals surface area contributed by atoms with Gasteiger partial charge in [0, 0.05) is 31.0 Å². The molecule has 1 atom stereocenters. The molecule has 0 saturated carbocycles. The van der Waals surface area contributed by atoms with Gasteiger partial charge in [-0.25, -0.2) is 9.18 Å². The summed E-state index contributed by atoms with van der Waals surface area (Å²) in [5, 5.41) is 0.870. The number of amides is 1. The topological polar surface area (TPSA) is 32.8 Å². The number of hydrogen-bond acceptors (Lipinski definition) is 3. The Morgan fingerprint density at radius 2 is 1.81 bits per heavy atom. The summed E-state index contributed by atoms with van der Waals surface area (Å²) in [6.45, 7) is 16.5. The highest BCUT2D eigenvalue weighted by atomic mass is 31.0. The van der Waals surface area contributed by atoms with E-state index < -0.39 is 5.60 Å². The third-order valence-electron chi connectivity index (χ3n) is 4.85. The van der Waals surface area contributed by atoms with Crippen molar-refractivity contribution in [2.24, 2.45) is 0 Å². The van der Waals surface area contributed by atoms with Gasteiger partial charge in [0.2, 0.25) is 0 Å². The van der Waals surface area contributed by atoms with Crippen molar-refractivity contribution < 1.29 is 13.9 Å². The van der Waals surface area contributed by atoms with Gasteiger partial charge in [0.25, 0.3) is 0 Å². The van der Waals surface area contributed by atoms with Gasteiger partial charge in [-0.2, -0.15) is 0 Å². The monoisotopic (exact) mass is 464 g/mol. The van der Waals surface area contributed by atoms with Crippen LogP contribution in [0.2, 0.25) is 0 Å². The molecule has 0 radical (unpaired) electrons. The molecule has 1 aromatic rings. The Balaban J connectivity index is 0.000000320. The van der Waals surface area contributed by atoms with Crippen molar-refractivity contribution in [1.29, 1.82) is 0 Å². The second-order valence-corrected chi connectivity index (χ2v) is 9.93. The van der Waals surface area contributed by atoms with Crippen LogP contribution in [0.3, 0.4) is 0 Å². The molecular formula is C26H42FN2O2P. The Morgan fingerprint density at radius 3 is 2.34 bits per heavy atom. The number of ether oxygens (including phenoxy) is 1. The minimum absolute atomic E-state index is 0.176. The molecular weight excluding hydrogens is 422 g/mol. The maximum Gasteiger partial charge on any atom is 0.410 e. The second kappa shape index (κ2) is 13.6. The number of hydrogen-bond donors (Lipinski definition) is 0. The quantitative estimate of drug-likeness (QED) is 0.328. The average Bonchev–Trinajstić information content (AvgIpc) is 2.66. The SMILES string of the molecule is CC1=CCN(c2cc(F)cc(P)c2)C(C)=C1.CCCCCN(CCC)C(=O)OC(C)(C)C. The first-order valence-corrected chi connectivity index (χ1v) is 12.2. The average molecular weight is 465 g/mol. The number of carbonyl (C=O) groups is 1. The number of anilines is 1. The van der Waals surface area contributed by atoms with Gasteiger partial charge in [0.15, 0.2) is 0 Å². The lowest BCUT2D eigenvalue weighted by molar-refractivity contribution is 0.0247. The predicted molar refractivity (Wildman–Crippen MR) is 138 cm³/mol. The van der Waals surface area contributed by atoms with E-state index in [0.29, 0.717) is 0 Å². The van der Waals surface area contributed by atoms with Crippen molar-refractivity contribution in [2.75, 3.05) is 24.5 Å². The molecule has 1 aromatic carbocycles. The molecule has 1 aliphatic rings. The number of nitrogens with zero attached hydrogens (tertiary/aromatic N) is 2. The van der Waals surface area contributed by atoms with Crippen LogP contribution in [0.5, 0.6) is 0 Å². The van der Waals surface area contributed by atoms with Crippen molar-refractivity contribution in [3.63, 3.8) is 0 Å². The van der Waals surface area contributed by atoms with Crippen molar-refractivity contribution >= 4 is 26.3 Å². The molecule has 1 unspecified atom stereocenters. The van der Waals surface area contributed by atoms with Gasteiger partial charge < -0.3 is 14.5 Å². The second-order valence-electron chi connectivity index (χ2n) is 9.26. The Morgan fingerprint density at radius 1 is 1.12 bits per heavy atom. The third-order valence-corrected chi connectivity index (χ3v) is 5.18. The number of benzene rings is 1. The van der Waals surface area contributed by atoms with Gasteiger partial charge in [-0.3, -0.25) is 0 Å². The van der Waals surface area contributed by atoms with E-state index in [-0.39, 0.29) is 11.9 Å². The van der Waals surface area contributed by atoms with Gasteiger partial charge in [-0.05, 0) is 77.0 Å². The van der Waals surface area contributed by atoms with Crippen LogP contribution in [0.4, 0.5) is 14.9 Å². The van der Waals surface area contributed by atoms with Crippen LogP contribution in [0.15, 0.2) is 41.6 Å². The van der Waals surface area contributed by atoms with E-state index >= 15 is 0 Å². The lowest BCUT2D eigenvalue weighted by atomic mass is 10.1. The van der Waals surface area contributed by atoms with E-state index in [4.69, 9.17) is 4.74 Å². The highest BCUT2D eigenvalue weighted by molar-refractivity contribution is 7.27. The minimum atomic E-state index is -0.395. The molecule has 6 heteroatoms. The highest BCUT2D eigenvalue weighted by Crippen LogP contribution is 2.23. The third kappa shape index (κ3) is 10.6. The van der Waals surface area contributed by atoms with Crippen molar-refractivity contribution in [1.82, 2.24) is 4.90 Å². The number of unbranched alkanes of at least 4 members (excludes halogenated alkanes) is 2. The van der Waals surface area contributed by atoms with E-state index in [1.54, 1.807) is 6.07 Å². The van der Waals surface area contributed by atoms with Crippen LogP contribution in [0.1, 0.15) is 74.1 Å². The molecule has 4 nitrogen and oxygen atoms in total. The fourth-order valence-electron chi connectivity index (χ4n) is 3.35. The molecule has 0 N–H and O–H groups in total. The summed E-state index contributed by atoms with van der Waals surface area (Å²) < 4.78 is 18.7. The summed E-state index contributed by atoms with van der Waals surface area (Å²) in [5.41, 5.74) is 2.92. The van der Waals surface area contributed by atoms with Crippen LogP contribution in [-0.4, -0.2) is 36.2 Å². The molecule has 2 rings (SSSR count). The van der Waals surface area contributed by atoms with Crippen LogP contribution >= 0.6 is 9.24 Å². The minimum Gasteiger partial charge on any atom is -0.444 e. The summed E-state index contributed by atoms with van der Waals surface area (Å²) >= 11 is 0. The molecule has 0 fully saturated rings. The van der Waals surface area contributed by atoms with Gasteiger partial charge in [0.05, 0.1) is 0 Å². The molecule has 0 bridgehead atoms. The zero-order chi connectivity index (χ0) is 24.3. The fourth-order valence-corrected chi connectivity index (χ4v) is 3.68. The standard InChI is InChI=1S/C13H15FNP.C13H27NO2/c1-9-3-4-15(10(2)5-9)12-6-11(14)7-13(16)8-12;1-6-8-9-11-14(10-7-2)12(15)16-13(3,4)5/h3,5-8H,4,16H2,1-2H3;6-11H2,1-5H3. The molecule has 32 heavy (non-hydrogen) atoms. The molecule has 180 valence electrons. The van der Waals surface area contributed by atoms with Gasteiger partial charge in [0.1, 0.15) is 11.4 Å². The zero-order valence-corrected chi connectivity index (χ0v) is 22.2. The number of carbonyl (C=O) groups excluding carboxylic acids is 1. The molecule has 1 amide bonds. The normalized spacial score (nSPS) is 13.6. The van der Waals surface area contributed by atoms with E-state index in [1.807, 2.05) is 38.7 Å². The zero-order valence-electron chi connectivity index (χ0n) is 21.0. The lowest BCUT2D eigenvalue weighted by Gasteiger charge is -2.27. The fraction of sp³-hybridized carbons (Fsp3) is 0.577. The predicted octanol–water partition coefficient (Wildman–Crippen LogP) is 6.82. The molecule has 0 spiro atoms. The summed E-state index contributed by atoms with van der Waals surface area (Å²) in [5.74, 6) is -0.193. The Kier molecular flexibility index (Phi) is 12.0. The molecule has 0 saturated heterocycles. The first-order chi connectivity index (χ1) is 15.0. The summed E-state index contributed by atoms with van der Waals surface area (Å²) in [7, 11) is 2.53. The molecule has 0 aromatic heterocycles. The Hall–Kier alpha value is -1.87. The summed E-state index contributed by atoms with van der Waals surface area (Å²) in [6, 6.07) is 5.05. The van der Waals surface area contributed by atoms with Crippen LogP contribution < -0.4 is 10.2 Å². The first-order valence-electron chi connectivity index (χ1n) is 11.6. The van der Waals surface area contributed by atoms with Crippen LogP contribution in [-0.2, 0) is 4.74 Å². The molecule has 1 heterocycles. The van der Waals surface area contributed by atoms with E-state index in [0.717, 1.165) is 49.2 Å². The van der Waals surface area contributed by atoms with Crippen LogP contribution in [0.25, 0.3) is 0 Å². The van der Waals surface area contributed by atoms with Crippen molar-refractivity contribution in [2.45, 2.75) is 79.8 Å². The molecule has 1 aliphatic heterocycles. The van der Waals surface area contributed by atoms with E-state index in [9.17, 15) is 9.18 Å². The highest BCUT2D eigenvalue weighted by Gasteiger charge is 2.21. The smallest absolute Gasteiger partial charge is 0.410 e. The number of halogens is 1. The first kappa shape index (κ1) is 28.2. The lowest BCUT2D eigenvalue weighted by Crippen LogP contribution is -2.37. The Labute approximate surface area is 197 Å². The van der Waals surface area contributed by atoms with Gasteiger partial charge >= 0.3 is 6.09 Å². The van der Waals surface area contributed by atoms with Crippen molar-refractivity contribution in [3.8, 4) is 0 Å². The largest absolute Gasteiger partial charge is 0.444 e. The van der Waals surface area contributed by atoms with Crippen LogP contribution in [0, 0.1) is 5.82 Å². The van der Waals surface area contributed by atoms with E-state index in [2.05, 4.69) is 47.1 Å². The number of rotatable bonds is 7. The maximum atomic E-state index is 13.3. The maximum absolute atomic E-state index is 13.3. The molecule has 0 aliphatic carbocycles. The van der Waals surface area contributed by atoms with Gasteiger partial charge in [-0.15, -0.1) is 9.24 Å². The number of allylic oxidation sites excluding steroid dienone is 3. The Bertz CT molecular complexity index is 779.